The van der Waals surface area contributed by atoms with Crippen molar-refractivity contribution in [2.45, 2.75) is 9.79 Å². The molecule has 10 nitrogen and oxygen atoms in total. The van der Waals surface area contributed by atoms with Crippen LogP contribution < -0.4 is 9.62 Å². The van der Waals surface area contributed by atoms with Crippen molar-refractivity contribution in [3.05, 3.63) is 47.0 Å². The number of nitrogens with one attached hydrogen (secondary N) is 1. The molecule has 0 amide bonds. The third-order valence-corrected chi connectivity index (χ3v) is 8.31. The van der Waals surface area contributed by atoms with Gasteiger partial charge in [-0.25, -0.2) is 25.9 Å². The van der Waals surface area contributed by atoms with Gasteiger partial charge in [0.2, 0.25) is 10.0 Å². The summed E-state index contributed by atoms with van der Waals surface area (Å²) in [7, 11) is -5.28. The van der Waals surface area contributed by atoms with E-state index in [9.17, 15) is 21.6 Å². The molecule has 0 atom stereocenters. The number of anilines is 2. The number of carboxylic acids is 1. The second kappa shape index (κ2) is 9.24. The van der Waals surface area contributed by atoms with Gasteiger partial charge in [0.05, 0.1) is 45.0 Å². The molecule has 0 aliphatic carbocycles. The molecule has 1 aliphatic rings. The molecule has 13 heteroatoms. The van der Waals surface area contributed by atoms with Crippen LogP contribution in [0.1, 0.15) is 10.4 Å². The van der Waals surface area contributed by atoms with E-state index in [0.29, 0.717) is 32.0 Å². The number of aromatic carboxylic acids is 1. The van der Waals surface area contributed by atoms with Gasteiger partial charge in [-0.15, -0.1) is 0 Å². The largest absolute Gasteiger partial charge is 0.478 e. The van der Waals surface area contributed by atoms with Crippen molar-refractivity contribution in [1.29, 1.82) is 0 Å². The fourth-order valence-corrected chi connectivity index (χ4v) is 5.43. The number of morpholine rings is 1. The van der Waals surface area contributed by atoms with Crippen molar-refractivity contribution in [1.82, 2.24) is 4.31 Å². The van der Waals surface area contributed by atoms with Crippen LogP contribution in [0.5, 0.6) is 0 Å². The molecule has 1 heterocycles. The maximum atomic E-state index is 13.0. The molecular formula is C19H22ClN3O7S2. The van der Waals surface area contributed by atoms with Gasteiger partial charge >= 0.3 is 5.97 Å². The van der Waals surface area contributed by atoms with E-state index in [4.69, 9.17) is 21.4 Å². The Hall–Kier alpha value is -2.38. The monoisotopic (exact) mass is 503 g/mol. The van der Waals surface area contributed by atoms with E-state index in [-0.39, 0.29) is 26.1 Å². The standard InChI is InChI=1S/C19H22ClN3O7S2/c1-22(2)32(28,29)14-4-6-18(23-7-9-30-10-8-23)17(12-14)21-31(26,27)13-3-5-15(19(24)25)16(20)11-13/h3-6,11-12,21H,7-10H2,1-2H3,(H,24,25). The van der Waals surface area contributed by atoms with Crippen LogP contribution in [0.15, 0.2) is 46.2 Å². The molecule has 2 N–H and O–H groups in total. The molecule has 1 saturated heterocycles. The summed E-state index contributed by atoms with van der Waals surface area (Å²) in [6, 6.07) is 7.45. The van der Waals surface area contributed by atoms with E-state index < -0.39 is 26.0 Å². The minimum absolute atomic E-state index is 0.0632. The number of rotatable bonds is 7. The Kier molecular flexibility index (Phi) is 7.00. The molecule has 1 fully saturated rings. The predicted octanol–water partition coefficient (Wildman–Crippen LogP) is 1.93. The topological polar surface area (TPSA) is 133 Å². The van der Waals surface area contributed by atoms with Crippen molar-refractivity contribution < 1.29 is 31.5 Å². The minimum Gasteiger partial charge on any atom is -0.478 e. The number of carbonyl (C=O) groups is 1. The van der Waals surface area contributed by atoms with Crippen molar-refractivity contribution >= 4 is 49.0 Å². The van der Waals surface area contributed by atoms with Crippen LogP contribution in [0.2, 0.25) is 5.02 Å². The number of hydrogen-bond acceptors (Lipinski definition) is 7. The summed E-state index contributed by atoms with van der Waals surface area (Å²) in [5, 5.41) is 8.86. The third-order valence-electron chi connectivity index (χ3n) is 4.82. The fourth-order valence-electron chi connectivity index (χ4n) is 3.09. The Morgan fingerprint density at radius 2 is 1.69 bits per heavy atom. The Balaban J connectivity index is 2.07. The van der Waals surface area contributed by atoms with Crippen molar-refractivity contribution in [2.24, 2.45) is 0 Å². The Labute approximate surface area is 191 Å². The number of nitrogens with zero attached hydrogens (tertiary/aromatic N) is 2. The first kappa shape index (κ1) is 24.3. The molecule has 0 saturated carbocycles. The normalized spacial score (nSPS) is 15.1. The molecule has 3 rings (SSSR count). The number of sulfonamides is 2. The zero-order chi connectivity index (χ0) is 23.7. The summed E-state index contributed by atoms with van der Waals surface area (Å²) < 4.78 is 60.1. The van der Waals surface area contributed by atoms with Gasteiger partial charge in [-0.1, -0.05) is 11.6 Å². The Morgan fingerprint density at radius 3 is 2.25 bits per heavy atom. The van der Waals surface area contributed by atoms with Crippen LogP contribution in [-0.4, -0.2) is 72.6 Å². The van der Waals surface area contributed by atoms with Crippen LogP contribution in [0.4, 0.5) is 11.4 Å². The van der Waals surface area contributed by atoms with E-state index in [0.717, 1.165) is 22.5 Å². The molecule has 0 spiro atoms. The quantitative estimate of drug-likeness (QED) is 0.585. The lowest BCUT2D eigenvalue weighted by Crippen LogP contribution is -2.37. The van der Waals surface area contributed by atoms with Gasteiger partial charge in [-0.2, -0.15) is 0 Å². The fraction of sp³-hybridized carbons (Fsp3) is 0.316. The molecule has 0 unspecified atom stereocenters. The van der Waals surface area contributed by atoms with Gasteiger partial charge in [0, 0.05) is 27.2 Å². The highest BCUT2D eigenvalue weighted by atomic mass is 35.5. The molecule has 0 bridgehead atoms. The molecular weight excluding hydrogens is 482 g/mol. The van der Waals surface area contributed by atoms with Crippen LogP contribution in [-0.2, 0) is 24.8 Å². The molecule has 174 valence electrons. The first-order valence-corrected chi connectivity index (χ1v) is 12.7. The average molecular weight is 504 g/mol. The summed E-state index contributed by atoms with van der Waals surface area (Å²) in [6.07, 6.45) is 0. The lowest BCUT2D eigenvalue weighted by molar-refractivity contribution is 0.0697. The zero-order valence-corrected chi connectivity index (χ0v) is 19.7. The van der Waals surface area contributed by atoms with Crippen molar-refractivity contribution in [2.75, 3.05) is 50.0 Å². The third kappa shape index (κ3) is 4.99. The molecule has 32 heavy (non-hydrogen) atoms. The first-order chi connectivity index (χ1) is 14.9. The number of halogens is 1. The summed E-state index contributed by atoms with van der Waals surface area (Å²) in [5.74, 6) is -1.29. The average Bonchev–Trinajstić information content (AvgIpc) is 2.73. The van der Waals surface area contributed by atoms with E-state index in [1.807, 2.05) is 4.90 Å². The van der Waals surface area contributed by atoms with Gasteiger partial charge in [-0.05, 0) is 36.4 Å². The second-order valence-electron chi connectivity index (χ2n) is 7.12. The number of ether oxygens (including phenoxy) is 1. The summed E-state index contributed by atoms with van der Waals surface area (Å²) in [4.78, 5) is 12.7. The lowest BCUT2D eigenvalue weighted by atomic mass is 10.2. The maximum Gasteiger partial charge on any atom is 0.337 e. The smallest absolute Gasteiger partial charge is 0.337 e. The summed E-state index contributed by atoms with van der Waals surface area (Å²) >= 11 is 5.93. The lowest BCUT2D eigenvalue weighted by Gasteiger charge is -2.31. The van der Waals surface area contributed by atoms with Gasteiger partial charge in [-0.3, -0.25) is 4.72 Å². The number of hydrogen-bond donors (Lipinski definition) is 2. The van der Waals surface area contributed by atoms with Gasteiger partial charge in [0.15, 0.2) is 0 Å². The van der Waals surface area contributed by atoms with E-state index in [1.54, 1.807) is 6.07 Å². The maximum absolute atomic E-state index is 13.0. The number of benzene rings is 2. The van der Waals surface area contributed by atoms with Crippen LogP contribution >= 0.6 is 11.6 Å². The molecule has 0 aromatic heterocycles. The molecule has 1 aliphatic heterocycles. The first-order valence-electron chi connectivity index (χ1n) is 9.38. The van der Waals surface area contributed by atoms with E-state index in [1.165, 1.54) is 26.2 Å². The zero-order valence-electron chi connectivity index (χ0n) is 17.3. The Bertz CT molecular complexity index is 1240. The summed E-state index contributed by atoms with van der Waals surface area (Å²) in [5.41, 5.74) is 0.315. The molecule has 2 aromatic rings. The summed E-state index contributed by atoms with van der Waals surface area (Å²) in [6.45, 7) is 1.87. The molecule has 2 aromatic carbocycles. The van der Waals surface area contributed by atoms with Crippen LogP contribution in [0, 0.1) is 0 Å². The van der Waals surface area contributed by atoms with Gasteiger partial charge < -0.3 is 14.7 Å². The Morgan fingerprint density at radius 1 is 1.06 bits per heavy atom. The van der Waals surface area contributed by atoms with Crippen LogP contribution in [0.3, 0.4) is 0 Å². The van der Waals surface area contributed by atoms with Crippen molar-refractivity contribution in [3.63, 3.8) is 0 Å². The molecule has 0 radical (unpaired) electrons. The number of carboxylic acid groups (broad SMARTS) is 1. The predicted molar refractivity (Wildman–Crippen MR) is 120 cm³/mol. The van der Waals surface area contributed by atoms with Gasteiger partial charge in [0.1, 0.15) is 0 Å². The highest BCUT2D eigenvalue weighted by Gasteiger charge is 2.25. The second-order valence-corrected chi connectivity index (χ2v) is 11.4. The van der Waals surface area contributed by atoms with Gasteiger partial charge in [0.25, 0.3) is 10.0 Å². The highest BCUT2D eigenvalue weighted by Crippen LogP contribution is 2.33. The van der Waals surface area contributed by atoms with Crippen molar-refractivity contribution in [3.8, 4) is 0 Å². The highest BCUT2D eigenvalue weighted by molar-refractivity contribution is 7.92. The van der Waals surface area contributed by atoms with E-state index in [2.05, 4.69) is 4.72 Å². The minimum atomic E-state index is -4.22. The SMILES string of the molecule is CN(C)S(=O)(=O)c1ccc(N2CCOCC2)c(NS(=O)(=O)c2ccc(C(=O)O)c(Cl)c2)c1. The van der Waals surface area contributed by atoms with Crippen LogP contribution in [0.25, 0.3) is 0 Å². The van der Waals surface area contributed by atoms with E-state index >= 15 is 0 Å².